The number of aliphatic hydroxyl groups is 1. The standard InChI is InChI=1S/C19H22N4O2/c24-19(18-13-20-22-21-18)9-4-10-23(14-19)11-12-25-17-8-3-6-15-5-1-2-7-16(15)17/h1-3,5-8,13,24H,4,9-12,14H2,(H,20,21,22)/t19-/m0/s1. The van der Waals surface area contributed by atoms with Crippen molar-refractivity contribution in [2.24, 2.45) is 0 Å². The van der Waals surface area contributed by atoms with E-state index in [1.165, 1.54) is 5.39 Å². The predicted octanol–water partition coefficient (Wildman–Crippen LogP) is 2.32. The molecule has 0 radical (unpaired) electrons. The van der Waals surface area contributed by atoms with Gasteiger partial charge in [-0.15, -0.1) is 0 Å². The van der Waals surface area contributed by atoms with Gasteiger partial charge in [-0.1, -0.05) is 36.4 Å². The molecule has 0 bridgehead atoms. The van der Waals surface area contributed by atoms with Crippen molar-refractivity contribution in [2.75, 3.05) is 26.2 Å². The third-order valence-corrected chi connectivity index (χ3v) is 4.86. The van der Waals surface area contributed by atoms with Crippen LogP contribution in [0.4, 0.5) is 0 Å². The van der Waals surface area contributed by atoms with Gasteiger partial charge in [0.05, 0.1) is 6.20 Å². The van der Waals surface area contributed by atoms with Crippen molar-refractivity contribution in [3.05, 3.63) is 54.4 Å². The Morgan fingerprint density at radius 2 is 2.08 bits per heavy atom. The number of aromatic nitrogens is 3. The van der Waals surface area contributed by atoms with Crippen molar-refractivity contribution in [3.63, 3.8) is 0 Å². The lowest BCUT2D eigenvalue weighted by Gasteiger charge is -2.37. The average Bonchev–Trinajstić information content (AvgIpc) is 3.18. The summed E-state index contributed by atoms with van der Waals surface area (Å²) in [5, 5.41) is 23.6. The van der Waals surface area contributed by atoms with E-state index in [9.17, 15) is 5.11 Å². The van der Waals surface area contributed by atoms with Crippen molar-refractivity contribution in [1.29, 1.82) is 0 Å². The summed E-state index contributed by atoms with van der Waals surface area (Å²) in [4.78, 5) is 2.23. The minimum Gasteiger partial charge on any atom is -0.492 e. The highest BCUT2D eigenvalue weighted by molar-refractivity contribution is 5.88. The van der Waals surface area contributed by atoms with Crippen LogP contribution in [0, 0.1) is 0 Å². The van der Waals surface area contributed by atoms with Gasteiger partial charge in [-0.2, -0.15) is 15.4 Å². The van der Waals surface area contributed by atoms with Gasteiger partial charge in [0.25, 0.3) is 0 Å². The van der Waals surface area contributed by atoms with E-state index >= 15 is 0 Å². The van der Waals surface area contributed by atoms with E-state index in [2.05, 4.69) is 38.5 Å². The molecule has 0 amide bonds. The lowest BCUT2D eigenvalue weighted by atomic mass is 9.90. The maximum absolute atomic E-state index is 10.9. The zero-order valence-electron chi connectivity index (χ0n) is 14.1. The number of β-amino-alcohol motifs (C(OH)–C–C–N with tert-alkyl or cyclic N) is 1. The Balaban J connectivity index is 1.38. The third kappa shape index (κ3) is 3.36. The number of ether oxygens (including phenoxy) is 1. The van der Waals surface area contributed by atoms with E-state index < -0.39 is 5.60 Å². The maximum Gasteiger partial charge on any atom is 0.127 e. The third-order valence-electron chi connectivity index (χ3n) is 4.86. The summed E-state index contributed by atoms with van der Waals surface area (Å²) >= 11 is 0. The second kappa shape index (κ2) is 6.82. The topological polar surface area (TPSA) is 74.3 Å². The van der Waals surface area contributed by atoms with E-state index in [-0.39, 0.29) is 0 Å². The Labute approximate surface area is 146 Å². The molecule has 1 atom stereocenters. The summed E-state index contributed by atoms with van der Waals surface area (Å²) in [7, 11) is 0. The van der Waals surface area contributed by atoms with Gasteiger partial charge in [0.1, 0.15) is 23.7 Å². The van der Waals surface area contributed by atoms with Gasteiger partial charge in [-0.3, -0.25) is 4.90 Å². The number of rotatable bonds is 5. The lowest BCUT2D eigenvalue weighted by molar-refractivity contribution is -0.0412. The predicted molar refractivity (Wildman–Crippen MR) is 95.4 cm³/mol. The molecular formula is C19H22N4O2. The fraction of sp³-hybridized carbons (Fsp3) is 0.368. The lowest BCUT2D eigenvalue weighted by Crippen LogP contribution is -2.47. The Morgan fingerprint density at radius 1 is 1.20 bits per heavy atom. The first-order chi connectivity index (χ1) is 12.2. The molecule has 1 saturated heterocycles. The normalized spacial score (nSPS) is 21.5. The highest BCUT2D eigenvalue weighted by Crippen LogP contribution is 2.30. The number of hydrogen-bond acceptors (Lipinski definition) is 5. The number of benzene rings is 2. The monoisotopic (exact) mass is 338 g/mol. The van der Waals surface area contributed by atoms with Crippen LogP contribution in [-0.4, -0.2) is 51.7 Å². The molecule has 1 aliphatic rings. The molecule has 0 saturated carbocycles. The van der Waals surface area contributed by atoms with Crippen LogP contribution in [0.25, 0.3) is 10.8 Å². The second-order valence-corrected chi connectivity index (χ2v) is 6.59. The van der Waals surface area contributed by atoms with Gasteiger partial charge in [-0.25, -0.2) is 0 Å². The quantitative estimate of drug-likeness (QED) is 0.747. The van der Waals surface area contributed by atoms with E-state index in [1.54, 1.807) is 6.20 Å². The van der Waals surface area contributed by atoms with Gasteiger partial charge in [0, 0.05) is 18.5 Å². The zero-order chi connectivity index (χ0) is 17.1. The number of aromatic amines is 1. The highest BCUT2D eigenvalue weighted by atomic mass is 16.5. The van der Waals surface area contributed by atoms with E-state index in [0.717, 1.165) is 30.6 Å². The molecule has 1 aliphatic heterocycles. The average molecular weight is 338 g/mol. The number of H-pyrrole nitrogens is 1. The summed E-state index contributed by atoms with van der Waals surface area (Å²) < 4.78 is 6.02. The fourth-order valence-electron chi connectivity index (χ4n) is 3.56. The SMILES string of the molecule is O[C@@]1(c2cn[nH]n2)CCCN(CCOc2cccc3ccccc23)C1. The van der Waals surface area contributed by atoms with Crippen LogP contribution in [-0.2, 0) is 5.60 Å². The van der Waals surface area contributed by atoms with Crippen LogP contribution >= 0.6 is 0 Å². The number of fused-ring (bicyclic) bond motifs is 1. The molecule has 1 aromatic heterocycles. The van der Waals surface area contributed by atoms with Crippen molar-refractivity contribution in [2.45, 2.75) is 18.4 Å². The van der Waals surface area contributed by atoms with Crippen LogP contribution in [0.3, 0.4) is 0 Å². The molecule has 1 fully saturated rings. The second-order valence-electron chi connectivity index (χ2n) is 6.59. The fourth-order valence-corrected chi connectivity index (χ4v) is 3.56. The summed E-state index contributed by atoms with van der Waals surface area (Å²) in [5.41, 5.74) is -0.308. The molecule has 0 unspecified atom stereocenters. The minimum atomic E-state index is -0.926. The molecule has 0 spiro atoms. The molecule has 130 valence electrons. The minimum absolute atomic E-state index is 0.554. The van der Waals surface area contributed by atoms with Crippen molar-refractivity contribution in [1.82, 2.24) is 20.3 Å². The molecule has 4 rings (SSSR count). The molecule has 2 heterocycles. The number of hydrogen-bond donors (Lipinski definition) is 2. The Hall–Kier alpha value is -2.44. The summed E-state index contributed by atoms with van der Waals surface area (Å²) in [5.74, 6) is 0.905. The molecule has 6 heteroatoms. The number of likely N-dealkylation sites (tertiary alicyclic amines) is 1. The zero-order valence-corrected chi connectivity index (χ0v) is 14.1. The Kier molecular flexibility index (Phi) is 4.38. The molecular weight excluding hydrogens is 316 g/mol. The first-order valence-corrected chi connectivity index (χ1v) is 8.66. The first-order valence-electron chi connectivity index (χ1n) is 8.66. The summed E-state index contributed by atoms with van der Waals surface area (Å²) in [6.07, 6.45) is 3.24. The van der Waals surface area contributed by atoms with Crippen LogP contribution in [0.5, 0.6) is 5.75 Å². The number of nitrogens with one attached hydrogen (secondary N) is 1. The van der Waals surface area contributed by atoms with Gasteiger partial charge >= 0.3 is 0 Å². The smallest absolute Gasteiger partial charge is 0.127 e. The Morgan fingerprint density at radius 3 is 2.96 bits per heavy atom. The van der Waals surface area contributed by atoms with Gasteiger partial charge < -0.3 is 9.84 Å². The molecule has 2 aromatic carbocycles. The molecule has 6 nitrogen and oxygen atoms in total. The molecule has 3 aromatic rings. The number of nitrogens with zero attached hydrogens (tertiary/aromatic N) is 3. The molecule has 2 N–H and O–H groups in total. The van der Waals surface area contributed by atoms with Crippen LogP contribution in [0.1, 0.15) is 18.5 Å². The van der Waals surface area contributed by atoms with Crippen LogP contribution in [0.15, 0.2) is 48.7 Å². The maximum atomic E-state index is 10.9. The summed E-state index contributed by atoms with van der Waals surface area (Å²) in [6, 6.07) is 14.3. The highest BCUT2D eigenvalue weighted by Gasteiger charge is 2.36. The van der Waals surface area contributed by atoms with Gasteiger partial charge in [0.15, 0.2) is 0 Å². The van der Waals surface area contributed by atoms with Crippen molar-refractivity contribution < 1.29 is 9.84 Å². The molecule has 0 aliphatic carbocycles. The van der Waals surface area contributed by atoms with Gasteiger partial charge in [-0.05, 0) is 30.8 Å². The number of piperidine rings is 1. The molecule has 25 heavy (non-hydrogen) atoms. The van der Waals surface area contributed by atoms with Crippen molar-refractivity contribution >= 4 is 10.8 Å². The van der Waals surface area contributed by atoms with E-state index in [1.807, 2.05) is 24.3 Å². The largest absolute Gasteiger partial charge is 0.492 e. The van der Waals surface area contributed by atoms with Crippen LogP contribution < -0.4 is 4.74 Å². The van der Waals surface area contributed by atoms with E-state index in [0.29, 0.717) is 25.3 Å². The first kappa shape index (κ1) is 16.1. The van der Waals surface area contributed by atoms with E-state index in [4.69, 9.17) is 4.74 Å². The van der Waals surface area contributed by atoms with Crippen LogP contribution in [0.2, 0.25) is 0 Å². The summed E-state index contributed by atoms with van der Waals surface area (Å²) in [6.45, 7) is 2.86. The van der Waals surface area contributed by atoms with Crippen molar-refractivity contribution in [3.8, 4) is 5.75 Å². The Bertz CT molecular complexity index is 831. The van der Waals surface area contributed by atoms with Gasteiger partial charge in [0.2, 0.25) is 0 Å².